The molecule has 170 valence electrons. The number of carbonyl (C=O) groups is 1. The lowest BCUT2D eigenvalue weighted by Gasteiger charge is -2.21. The molecule has 1 amide bonds. The highest BCUT2D eigenvalue weighted by molar-refractivity contribution is 6.30. The van der Waals surface area contributed by atoms with Crippen molar-refractivity contribution in [3.63, 3.8) is 0 Å². The summed E-state index contributed by atoms with van der Waals surface area (Å²) in [5.41, 5.74) is 3.99. The molecule has 2 aromatic carbocycles. The van der Waals surface area contributed by atoms with Gasteiger partial charge in [0.15, 0.2) is 5.69 Å². The molecule has 0 spiro atoms. The normalized spacial score (nSPS) is 13.9. The summed E-state index contributed by atoms with van der Waals surface area (Å²) in [6.07, 6.45) is 6.58. The molecule has 0 radical (unpaired) electrons. The predicted molar refractivity (Wildman–Crippen MR) is 129 cm³/mol. The van der Waals surface area contributed by atoms with Crippen molar-refractivity contribution in [2.45, 2.75) is 32.4 Å². The first kappa shape index (κ1) is 21.7. The number of benzene rings is 2. The van der Waals surface area contributed by atoms with Crippen LogP contribution in [0.2, 0.25) is 5.02 Å². The van der Waals surface area contributed by atoms with E-state index >= 15 is 0 Å². The smallest absolute Gasteiger partial charge is 0.275 e. The summed E-state index contributed by atoms with van der Waals surface area (Å²) in [5, 5.41) is 1.97. The zero-order valence-corrected chi connectivity index (χ0v) is 19.2. The number of aromatic amines is 1. The maximum absolute atomic E-state index is 12.6. The van der Waals surface area contributed by atoms with Crippen LogP contribution in [0, 0.1) is 0 Å². The number of likely N-dealkylation sites (tertiary alicyclic amines) is 1. The molecule has 1 saturated heterocycles. The summed E-state index contributed by atoms with van der Waals surface area (Å²) < 4.78 is 5.71. The first-order valence-corrected chi connectivity index (χ1v) is 11.8. The van der Waals surface area contributed by atoms with Crippen LogP contribution in [0.4, 0.5) is 0 Å². The molecule has 1 fully saturated rings. The van der Waals surface area contributed by atoms with Gasteiger partial charge in [0.25, 0.3) is 5.91 Å². The van der Waals surface area contributed by atoms with E-state index in [1.807, 2.05) is 35.2 Å². The Morgan fingerprint density at radius 1 is 1.09 bits per heavy atom. The number of fused-ring (bicyclic) bond motifs is 1. The topological polar surface area (TPSA) is 65.4 Å². The highest BCUT2D eigenvalue weighted by Crippen LogP contribution is 2.20. The monoisotopic (exact) mass is 462 g/mol. The Bertz CT molecular complexity index is 1220. The fourth-order valence-electron chi connectivity index (χ4n) is 4.43. The molecule has 6 nitrogen and oxygen atoms in total. The number of nitrogens with zero attached hydrogens (tertiary/aromatic N) is 3. The molecule has 1 aliphatic heterocycles. The number of para-hydroxylation sites is 1. The minimum Gasteiger partial charge on any atom is -0.447 e. The van der Waals surface area contributed by atoms with Gasteiger partial charge >= 0.3 is 0 Å². The highest BCUT2D eigenvalue weighted by Gasteiger charge is 2.23. The molecule has 1 N–H and O–H groups in total. The number of hydrogen-bond donors (Lipinski definition) is 1. The first-order valence-electron chi connectivity index (χ1n) is 11.4. The summed E-state index contributed by atoms with van der Waals surface area (Å²) >= 11 is 6.07. The molecular formula is C26H27ClN4O2. The minimum atomic E-state index is -0.0365. The van der Waals surface area contributed by atoms with Crippen molar-refractivity contribution in [1.29, 1.82) is 0 Å². The molecule has 33 heavy (non-hydrogen) atoms. The summed E-state index contributed by atoms with van der Waals surface area (Å²) in [5.74, 6) is 0.524. The van der Waals surface area contributed by atoms with Crippen LogP contribution in [0.1, 0.15) is 40.3 Å². The van der Waals surface area contributed by atoms with Gasteiger partial charge in [-0.3, -0.25) is 9.69 Å². The largest absolute Gasteiger partial charge is 0.447 e. The fourth-order valence-corrected chi connectivity index (χ4v) is 4.56. The van der Waals surface area contributed by atoms with E-state index in [2.05, 4.69) is 39.3 Å². The molecule has 0 aliphatic carbocycles. The van der Waals surface area contributed by atoms with Crippen LogP contribution in [0.5, 0.6) is 0 Å². The second kappa shape index (κ2) is 9.81. The summed E-state index contributed by atoms with van der Waals surface area (Å²) in [7, 11) is 0. The number of rotatable bonds is 8. The standard InChI is InChI=1S/C26H27ClN4O2/c27-21-9-7-19(8-10-21)16-30(14-11-20-15-28-23-6-2-1-5-22(20)23)17-25-29-24(18-33-25)26(32)31-12-3-4-13-31/h1-2,5-10,15,18,28H,3-4,11-14,16-17H2. The average Bonchev–Trinajstić information content (AvgIpc) is 3.60. The van der Waals surface area contributed by atoms with E-state index in [1.165, 1.54) is 22.8 Å². The third-order valence-corrected chi connectivity index (χ3v) is 6.47. The maximum atomic E-state index is 12.6. The van der Waals surface area contributed by atoms with Gasteiger partial charge < -0.3 is 14.3 Å². The van der Waals surface area contributed by atoms with Gasteiger partial charge in [-0.15, -0.1) is 0 Å². The van der Waals surface area contributed by atoms with Gasteiger partial charge in [0.05, 0.1) is 6.54 Å². The Balaban J connectivity index is 1.31. The van der Waals surface area contributed by atoms with Crippen molar-refractivity contribution in [3.05, 3.63) is 88.7 Å². The molecule has 1 aliphatic rings. The van der Waals surface area contributed by atoms with Crippen LogP contribution < -0.4 is 0 Å². The SMILES string of the molecule is O=C(c1coc(CN(CCc2c[nH]c3ccccc23)Cc2ccc(Cl)cc2)n1)N1CCCC1. The maximum Gasteiger partial charge on any atom is 0.275 e. The molecule has 0 atom stereocenters. The Morgan fingerprint density at radius 3 is 2.70 bits per heavy atom. The first-order chi connectivity index (χ1) is 16.2. The van der Waals surface area contributed by atoms with Crippen LogP contribution in [-0.4, -0.2) is 45.3 Å². The van der Waals surface area contributed by atoms with E-state index in [0.717, 1.165) is 56.0 Å². The van der Waals surface area contributed by atoms with E-state index in [-0.39, 0.29) is 5.91 Å². The van der Waals surface area contributed by atoms with E-state index in [9.17, 15) is 4.79 Å². The van der Waals surface area contributed by atoms with Crippen LogP contribution in [0.3, 0.4) is 0 Å². The number of nitrogens with one attached hydrogen (secondary N) is 1. The van der Waals surface area contributed by atoms with Crippen LogP contribution in [0.25, 0.3) is 10.9 Å². The second-order valence-corrected chi connectivity index (χ2v) is 9.01. The van der Waals surface area contributed by atoms with Crippen molar-refractivity contribution in [1.82, 2.24) is 19.8 Å². The number of H-pyrrole nitrogens is 1. The van der Waals surface area contributed by atoms with Crippen LogP contribution in [0.15, 0.2) is 65.4 Å². The lowest BCUT2D eigenvalue weighted by molar-refractivity contribution is 0.0787. The van der Waals surface area contributed by atoms with Crippen molar-refractivity contribution in [2.24, 2.45) is 0 Å². The summed E-state index contributed by atoms with van der Waals surface area (Å²) in [6, 6.07) is 16.2. The number of carbonyl (C=O) groups excluding carboxylic acids is 1. The molecule has 0 unspecified atom stereocenters. The van der Waals surface area contributed by atoms with Gasteiger partial charge in [-0.05, 0) is 48.6 Å². The van der Waals surface area contributed by atoms with Gasteiger partial charge in [-0.1, -0.05) is 41.9 Å². The number of halogens is 1. The molecule has 0 saturated carbocycles. The van der Waals surface area contributed by atoms with E-state index < -0.39 is 0 Å². The number of aromatic nitrogens is 2. The number of oxazole rings is 1. The Labute approximate surface area is 198 Å². The molecule has 7 heteroatoms. The van der Waals surface area contributed by atoms with Crippen molar-refractivity contribution in [2.75, 3.05) is 19.6 Å². The van der Waals surface area contributed by atoms with Crippen molar-refractivity contribution in [3.8, 4) is 0 Å². The molecule has 3 heterocycles. The Kier molecular flexibility index (Phi) is 6.46. The van der Waals surface area contributed by atoms with Gasteiger partial charge in [0, 0.05) is 48.3 Å². The van der Waals surface area contributed by atoms with Gasteiger partial charge in [-0.2, -0.15) is 0 Å². The van der Waals surface area contributed by atoms with Gasteiger partial charge in [0.2, 0.25) is 5.89 Å². The van der Waals surface area contributed by atoms with Crippen LogP contribution in [-0.2, 0) is 19.5 Å². The molecule has 5 rings (SSSR count). The summed E-state index contributed by atoms with van der Waals surface area (Å²) in [6.45, 7) is 3.68. The lowest BCUT2D eigenvalue weighted by atomic mass is 10.1. The van der Waals surface area contributed by atoms with E-state index in [0.29, 0.717) is 18.1 Å². The molecule has 4 aromatic rings. The van der Waals surface area contributed by atoms with Gasteiger partial charge in [-0.25, -0.2) is 4.98 Å². The van der Waals surface area contributed by atoms with Crippen molar-refractivity contribution < 1.29 is 9.21 Å². The van der Waals surface area contributed by atoms with E-state index in [4.69, 9.17) is 16.0 Å². The highest BCUT2D eigenvalue weighted by atomic mass is 35.5. The summed E-state index contributed by atoms with van der Waals surface area (Å²) in [4.78, 5) is 24.7. The predicted octanol–water partition coefficient (Wildman–Crippen LogP) is 5.29. The minimum absolute atomic E-state index is 0.0365. The second-order valence-electron chi connectivity index (χ2n) is 8.57. The van der Waals surface area contributed by atoms with Crippen molar-refractivity contribution >= 4 is 28.4 Å². The average molecular weight is 463 g/mol. The quantitative estimate of drug-likeness (QED) is 0.386. The molecule has 2 aromatic heterocycles. The van der Waals surface area contributed by atoms with Gasteiger partial charge in [0.1, 0.15) is 6.26 Å². The van der Waals surface area contributed by atoms with E-state index in [1.54, 1.807) is 0 Å². The number of hydrogen-bond acceptors (Lipinski definition) is 4. The molecule has 0 bridgehead atoms. The third kappa shape index (κ3) is 5.13. The lowest BCUT2D eigenvalue weighted by Crippen LogP contribution is -2.28. The zero-order chi connectivity index (χ0) is 22.6. The Hall–Kier alpha value is -3.09. The Morgan fingerprint density at radius 2 is 1.88 bits per heavy atom. The third-order valence-electron chi connectivity index (χ3n) is 6.21. The number of amides is 1. The zero-order valence-electron chi connectivity index (χ0n) is 18.5. The molecular weight excluding hydrogens is 436 g/mol. The fraction of sp³-hybridized carbons (Fsp3) is 0.308. The van der Waals surface area contributed by atoms with Crippen LogP contribution >= 0.6 is 11.6 Å².